The van der Waals surface area contributed by atoms with Crippen LogP contribution in [0, 0.1) is 6.92 Å². The number of aliphatic carboxylic acids is 1. The number of carbonyl (C=O) groups is 1. The van der Waals surface area contributed by atoms with E-state index in [1.807, 2.05) is 0 Å². The van der Waals surface area contributed by atoms with Gasteiger partial charge in [-0.3, -0.25) is 14.2 Å². The van der Waals surface area contributed by atoms with E-state index in [1.165, 1.54) is 22.4 Å². The van der Waals surface area contributed by atoms with Crippen molar-refractivity contribution in [3.8, 4) is 0 Å². The van der Waals surface area contributed by atoms with Gasteiger partial charge in [-0.25, -0.2) is 4.98 Å². The number of rotatable bonds is 2. The molecule has 0 amide bonds. The summed E-state index contributed by atoms with van der Waals surface area (Å²) >= 11 is 1.43. The Bertz CT molecular complexity index is 469. The summed E-state index contributed by atoms with van der Waals surface area (Å²) < 4.78 is 1.48. The summed E-state index contributed by atoms with van der Waals surface area (Å²) in [5, 5.41) is 9.33. The van der Waals surface area contributed by atoms with Crippen molar-refractivity contribution in [3.63, 3.8) is 0 Å². The Kier molecular flexibility index (Phi) is 2.52. The molecule has 0 aromatic carbocycles. The van der Waals surface area contributed by atoms with Gasteiger partial charge >= 0.3 is 5.97 Å². The molecule has 5 nitrogen and oxygen atoms in total. The van der Waals surface area contributed by atoms with Gasteiger partial charge < -0.3 is 5.11 Å². The number of hydrogen-bond acceptors (Lipinski definition) is 4. The van der Waals surface area contributed by atoms with Gasteiger partial charge in [0.1, 0.15) is 0 Å². The Hall–Kier alpha value is -1.30. The van der Waals surface area contributed by atoms with Gasteiger partial charge in [0, 0.05) is 17.5 Å². The van der Waals surface area contributed by atoms with Crippen LogP contribution in [0.1, 0.15) is 18.2 Å². The van der Waals surface area contributed by atoms with Crippen molar-refractivity contribution in [3.05, 3.63) is 22.1 Å². The van der Waals surface area contributed by atoms with Crippen molar-refractivity contribution >= 4 is 17.7 Å². The fourth-order valence-corrected chi connectivity index (χ4v) is 2.81. The average Bonchev–Trinajstić information content (AvgIpc) is 2.46. The first-order valence-corrected chi connectivity index (χ1v) is 5.51. The molecule has 0 spiro atoms. The molecule has 0 saturated heterocycles. The zero-order valence-corrected chi connectivity index (χ0v) is 8.95. The average molecular weight is 226 g/mol. The van der Waals surface area contributed by atoms with Gasteiger partial charge in [0.05, 0.1) is 12.5 Å². The molecule has 0 bridgehead atoms. The molecular formula is C9H10N2O3S. The molecule has 2 rings (SSSR count). The van der Waals surface area contributed by atoms with Crippen LogP contribution in [0.15, 0.2) is 16.0 Å². The highest BCUT2D eigenvalue weighted by atomic mass is 32.2. The van der Waals surface area contributed by atoms with Crippen LogP contribution in [0.3, 0.4) is 0 Å². The van der Waals surface area contributed by atoms with Gasteiger partial charge in [-0.1, -0.05) is 11.8 Å². The van der Waals surface area contributed by atoms with Crippen molar-refractivity contribution in [2.75, 3.05) is 5.75 Å². The van der Waals surface area contributed by atoms with Crippen LogP contribution < -0.4 is 5.56 Å². The lowest BCUT2D eigenvalue weighted by molar-refractivity contribution is -0.137. The summed E-state index contributed by atoms with van der Waals surface area (Å²) in [6.45, 7) is 1.76. The van der Waals surface area contributed by atoms with Crippen molar-refractivity contribution in [2.24, 2.45) is 0 Å². The minimum Gasteiger partial charge on any atom is -0.481 e. The third kappa shape index (κ3) is 1.90. The van der Waals surface area contributed by atoms with Gasteiger partial charge in [0.15, 0.2) is 5.16 Å². The Balaban J connectivity index is 2.42. The number of carboxylic acids is 1. The van der Waals surface area contributed by atoms with Gasteiger partial charge in [-0.15, -0.1) is 0 Å². The smallest absolute Gasteiger partial charge is 0.305 e. The third-order valence-corrected chi connectivity index (χ3v) is 3.33. The Morgan fingerprint density at radius 2 is 2.53 bits per heavy atom. The number of fused-ring (bicyclic) bond motifs is 1. The van der Waals surface area contributed by atoms with Gasteiger partial charge in [-0.2, -0.15) is 0 Å². The predicted octanol–water partition coefficient (Wildman–Crippen LogP) is 0.673. The second kappa shape index (κ2) is 3.69. The van der Waals surface area contributed by atoms with Gasteiger partial charge in [0.2, 0.25) is 0 Å². The highest BCUT2D eigenvalue weighted by Gasteiger charge is 2.26. The summed E-state index contributed by atoms with van der Waals surface area (Å²) in [4.78, 5) is 26.4. The largest absolute Gasteiger partial charge is 0.481 e. The maximum atomic E-state index is 11.6. The van der Waals surface area contributed by atoms with E-state index in [1.54, 1.807) is 6.92 Å². The van der Waals surface area contributed by atoms with Crippen LogP contribution >= 0.6 is 11.8 Å². The number of nitrogens with zero attached hydrogens (tertiary/aromatic N) is 2. The van der Waals surface area contributed by atoms with Crippen LogP contribution in [0.25, 0.3) is 0 Å². The number of hydrogen-bond donors (Lipinski definition) is 1. The maximum absolute atomic E-state index is 11.6. The summed E-state index contributed by atoms with van der Waals surface area (Å²) in [7, 11) is 0. The molecule has 1 N–H and O–H groups in total. The minimum atomic E-state index is -0.888. The second-order valence-corrected chi connectivity index (χ2v) is 4.44. The van der Waals surface area contributed by atoms with Crippen LogP contribution in [0.4, 0.5) is 0 Å². The molecule has 0 saturated carbocycles. The number of aryl methyl sites for hydroxylation is 1. The zero-order chi connectivity index (χ0) is 11.0. The van der Waals surface area contributed by atoms with Gasteiger partial charge in [-0.05, 0) is 6.92 Å². The van der Waals surface area contributed by atoms with Crippen molar-refractivity contribution < 1.29 is 9.90 Å². The molecule has 2 heterocycles. The van der Waals surface area contributed by atoms with Crippen LogP contribution in [0.2, 0.25) is 0 Å². The molecule has 0 fully saturated rings. The quantitative estimate of drug-likeness (QED) is 0.750. The molecule has 1 unspecified atom stereocenters. The topological polar surface area (TPSA) is 72.2 Å². The van der Waals surface area contributed by atoms with Crippen molar-refractivity contribution in [2.45, 2.75) is 24.5 Å². The number of aromatic nitrogens is 2. The standard InChI is InChI=1S/C9H10N2O3S/c1-5-2-7(12)11-6(3-8(13)14)4-15-9(11)10-5/h2,6H,3-4H2,1H3,(H,13,14). The number of carboxylic acid groups (broad SMARTS) is 1. The fourth-order valence-electron chi connectivity index (χ4n) is 1.61. The number of thioether (sulfide) groups is 1. The summed E-state index contributed by atoms with van der Waals surface area (Å²) in [6.07, 6.45) is -0.0232. The van der Waals surface area contributed by atoms with E-state index in [9.17, 15) is 9.59 Å². The highest BCUT2D eigenvalue weighted by molar-refractivity contribution is 7.99. The first-order chi connectivity index (χ1) is 7.08. The Morgan fingerprint density at radius 3 is 3.20 bits per heavy atom. The van der Waals surface area contributed by atoms with E-state index < -0.39 is 5.97 Å². The first kappa shape index (κ1) is 10.2. The van der Waals surface area contributed by atoms with E-state index >= 15 is 0 Å². The zero-order valence-electron chi connectivity index (χ0n) is 8.14. The third-order valence-electron chi connectivity index (χ3n) is 2.23. The molecule has 1 aliphatic heterocycles. The monoisotopic (exact) mass is 226 g/mol. The second-order valence-electron chi connectivity index (χ2n) is 3.45. The van der Waals surface area contributed by atoms with E-state index in [4.69, 9.17) is 5.11 Å². The van der Waals surface area contributed by atoms with Crippen LogP contribution in [-0.2, 0) is 4.79 Å². The molecule has 1 aliphatic rings. The van der Waals surface area contributed by atoms with E-state index in [-0.39, 0.29) is 18.0 Å². The summed E-state index contributed by atoms with van der Waals surface area (Å²) in [5.41, 5.74) is 0.517. The normalized spacial score (nSPS) is 18.9. The maximum Gasteiger partial charge on any atom is 0.305 e. The lowest BCUT2D eigenvalue weighted by Crippen LogP contribution is -2.25. The lowest BCUT2D eigenvalue weighted by Gasteiger charge is -2.09. The van der Waals surface area contributed by atoms with E-state index in [0.717, 1.165) is 0 Å². The molecular weight excluding hydrogens is 216 g/mol. The highest BCUT2D eigenvalue weighted by Crippen LogP contribution is 2.31. The van der Waals surface area contributed by atoms with Crippen LogP contribution in [-0.4, -0.2) is 26.4 Å². The Morgan fingerprint density at radius 1 is 1.80 bits per heavy atom. The summed E-state index contributed by atoms with van der Waals surface area (Å²) in [6, 6.07) is 1.17. The predicted molar refractivity (Wildman–Crippen MR) is 55.2 cm³/mol. The van der Waals surface area contributed by atoms with Crippen molar-refractivity contribution in [1.82, 2.24) is 9.55 Å². The molecule has 1 aromatic rings. The molecule has 80 valence electrons. The molecule has 15 heavy (non-hydrogen) atoms. The molecule has 6 heteroatoms. The minimum absolute atomic E-state index is 0.0232. The molecule has 0 radical (unpaired) electrons. The lowest BCUT2D eigenvalue weighted by atomic mass is 10.2. The van der Waals surface area contributed by atoms with E-state index in [2.05, 4.69) is 4.98 Å². The molecule has 1 aromatic heterocycles. The first-order valence-electron chi connectivity index (χ1n) is 4.52. The fraction of sp³-hybridized carbons (Fsp3) is 0.444. The molecule has 0 aliphatic carbocycles. The van der Waals surface area contributed by atoms with Crippen LogP contribution in [0.5, 0.6) is 0 Å². The molecule has 1 atom stereocenters. The SMILES string of the molecule is Cc1cc(=O)n2c(n1)SCC2CC(=O)O. The van der Waals surface area contributed by atoms with Crippen molar-refractivity contribution in [1.29, 1.82) is 0 Å². The van der Waals surface area contributed by atoms with E-state index in [0.29, 0.717) is 16.6 Å². The summed E-state index contributed by atoms with van der Waals surface area (Å²) in [5.74, 6) is -0.279. The Labute approximate surface area is 90.1 Å². The van der Waals surface area contributed by atoms with Gasteiger partial charge in [0.25, 0.3) is 5.56 Å².